The van der Waals surface area contributed by atoms with Crippen molar-refractivity contribution in [2.45, 2.75) is 6.92 Å². The molecule has 0 aliphatic carbocycles. The molecular weight excluding hydrogens is 154 g/mol. The molecule has 0 unspecified atom stereocenters. The van der Waals surface area contributed by atoms with E-state index in [2.05, 4.69) is 5.32 Å². The lowest BCUT2D eigenvalue weighted by atomic mass is 10.2. The summed E-state index contributed by atoms with van der Waals surface area (Å²) >= 11 is 0. The Balaban J connectivity index is 2.73. The SMILES string of the molecule is CC(=O)NC(=O)c1ccccc1. The summed E-state index contributed by atoms with van der Waals surface area (Å²) in [6, 6.07) is 8.60. The van der Waals surface area contributed by atoms with Crippen LogP contribution in [0.3, 0.4) is 0 Å². The van der Waals surface area contributed by atoms with Crippen molar-refractivity contribution in [1.29, 1.82) is 0 Å². The summed E-state index contributed by atoms with van der Waals surface area (Å²) in [5.41, 5.74) is 0.493. The van der Waals surface area contributed by atoms with E-state index in [9.17, 15) is 9.59 Å². The number of hydrogen-bond donors (Lipinski definition) is 1. The van der Waals surface area contributed by atoms with E-state index in [4.69, 9.17) is 0 Å². The van der Waals surface area contributed by atoms with Crippen LogP contribution in [0.1, 0.15) is 17.3 Å². The van der Waals surface area contributed by atoms with Crippen molar-refractivity contribution >= 4 is 11.8 Å². The summed E-state index contributed by atoms with van der Waals surface area (Å²) in [6.45, 7) is 1.31. The second kappa shape index (κ2) is 3.67. The summed E-state index contributed by atoms with van der Waals surface area (Å²) in [5, 5.41) is 2.18. The van der Waals surface area contributed by atoms with E-state index in [1.165, 1.54) is 6.92 Å². The first-order valence-electron chi connectivity index (χ1n) is 3.57. The van der Waals surface area contributed by atoms with E-state index < -0.39 is 0 Å². The molecule has 3 nitrogen and oxygen atoms in total. The van der Waals surface area contributed by atoms with Crippen molar-refractivity contribution in [3.63, 3.8) is 0 Å². The van der Waals surface area contributed by atoms with Gasteiger partial charge in [-0.1, -0.05) is 18.2 Å². The Morgan fingerprint density at radius 2 is 1.75 bits per heavy atom. The minimum Gasteiger partial charge on any atom is -0.293 e. The van der Waals surface area contributed by atoms with Crippen molar-refractivity contribution in [1.82, 2.24) is 5.32 Å². The first kappa shape index (κ1) is 8.46. The van der Waals surface area contributed by atoms with Gasteiger partial charge in [-0.3, -0.25) is 14.9 Å². The number of nitrogens with one attached hydrogen (secondary N) is 1. The molecule has 1 rings (SSSR count). The van der Waals surface area contributed by atoms with Gasteiger partial charge in [0.25, 0.3) is 5.91 Å². The number of carbonyl (C=O) groups excluding carboxylic acids is 2. The topological polar surface area (TPSA) is 46.2 Å². The Hall–Kier alpha value is -1.64. The molecule has 1 N–H and O–H groups in total. The molecule has 0 radical (unpaired) electrons. The highest BCUT2D eigenvalue weighted by molar-refractivity contribution is 6.03. The Kier molecular flexibility index (Phi) is 2.58. The molecule has 0 aliphatic heterocycles. The highest BCUT2D eigenvalue weighted by Crippen LogP contribution is 1.96. The molecule has 1 aromatic rings. The third-order valence-corrected chi connectivity index (χ3v) is 1.33. The Bertz CT molecular complexity index is 293. The number of carbonyl (C=O) groups is 2. The van der Waals surface area contributed by atoms with Gasteiger partial charge in [-0.05, 0) is 12.1 Å². The highest BCUT2D eigenvalue weighted by atomic mass is 16.2. The number of hydrogen-bond acceptors (Lipinski definition) is 2. The van der Waals surface area contributed by atoms with E-state index >= 15 is 0 Å². The van der Waals surface area contributed by atoms with Gasteiger partial charge in [0, 0.05) is 12.5 Å². The fourth-order valence-corrected chi connectivity index (χ4v) is 0.822. The highest BCUT2D eigenvalue weighted by Gasteiger charge is 2.04. The van der Waals surface area contributed by atoms with Crippen molar-refractivity contribution in [3.05, 3.63) is 35.9 Å². The zero-order valence-corrected chi connectivity index (χ0v) is 6.70. The Labute approximate surface area is 70.4 Å². The van der Waals surface area contributed by atoms with Gasteiger partial charge in [0.1, 0.15) is 0 Å². The molecule has 62 valence electrons. The van der Waals surface area contributed by atoms with Gasteiger partial charge in [-0.15, -0.1) is 0 Å². The quantitative estimate of drug-likeness (QED) is 0.670. The van der Waals surface area contributed by atoms with Crippen LogP contribution >= 0.6 is 0 Å². The van der Waals surface area contributed by atoms with E-state index in [1.54, 1.807) is 24.3 Å². The molecule has 0 saturated heterocycles. The lowest BCUT2D eigenvalue weighted by Crippen LogP contribution is -2.27. The van der Waals surface area contributed by atoms with E-state index in [0.29, 0.717) is 5.56 Å². The predicted octanol–water partition coefficient (Wildman–Crippen LogP) is 0.963. The minimum absolute atomic E-state index is 0.344. The average Bonchev–Trinajstić information content (AvgIpc) is 2.05. The van der Waals surface area contributed by atoms with Gasteiger partial charge in [-0.25, -0.2) is 0 Å². The average molecular weight is 163 g/mol. The molecule has 0 heterocycles. The van der Waals surface area contributed by atoms with Gasteiger partial charge >= 0.3 is 0 Å². The Morgan fingerprint density at radius 1 is 1.17 bits per heavy atom. The van der Waals surface area contributed by atoms with Crippen molar-refractivity contribution in [2.24, 2.45) is 0 Å². The van der Waals surface area contributed by atoms with Gasteiger partial charge in [0.05, 0.1) is 0 Å². The normalized spacial score (nSPS) is 9.08. The van der Waals surface area contributed by atoms with Crippen LogP contribution in [0.25, 0.3) is 0 Å². The number of benzene rings is 1. The molecule has 0 bridgehead atoms. The summed E-state index contributed by atoms with van der Waals surface area (Å²) < 4.78 is 0. The summed E-state index contributed by atoms with van der Waals surface area (Å²) in [4.78, 5) is 21.6. The first-order valence-corrected chi connectivity index (χ1v) is 3.57. The zero-order valence-electron chi connectivity index (χ0n) is 6.70. The monoisotopic (exact) mass is 163 g/mol. The molecule has 3 heteroatoms. The lowest BCUT2D eigenvalue weighted by Gasteiger charge is -1.98. The van der Waals surface area contributed by atoms with Crippen LogP contribution in [-0.2, 0) is 4.79 Å². The molecule has 2 amide bonds. The molecular formula is C9H9NO2. The lowest BCUT2D eigenvalue weighted by molar-refractivity contribution is -0.118. The number of amides is 2. The maximum atomic E-state index is 11.1. The number of imide groups is 1. The molecule has 0 atom stereocenters. The maximum Gasteiger partial charge on any atom is 0.257 e. The fourth-order valence-electron chi connectivity index (χ4n) is 0.822. The van der Waals surface area contributed by atoms with E-state index in [1.807, 2.05) is 6.07 Å². The molecule has 1 aromatic carbocycles. The smallest absolute Gasteiger partial charge is 0.257 e. The number of rotatable bonds is 1. The summed E-state index contributed by atoms with van der Waals surface area (Å²) in [6.07, 6.45) is 0. The second-order valence-electron chi connectivity index (χ2n) is 2.38. The molecule has 12 heavy (non-hydrogen) atoms. The molecule has 0 aliphatic rings. The van der Waals surface area contributed by atoms with E-state index in [0.717, 1.165) is 0 Å². The van der Waals surface area contributed by atoms with Crippen LogP contribution in [0, 0.1) is 0 Å². The predicted molar refractivity (Wildman–Crippen MR) is 44.6 cm³/mol. The van der Waals surface area contributed by atoms with Crippen LogP contribution < -0.4 is 5.32 Å². The third kappa shape index (κ3) is 2.20. The van der Waals surface area contributed by atoms with Crippen molar-refractivity contribution < 1.29 is 9.59 Å². The molecule has 0 spiro atoms. The molecule has 0 aromatic heterocycles. The summed E-state index contributed by atoms with van der Waals surface area (Å²) in [7, 11) is 0. The molecule has 0 fully saturated rings. The van der Waals surface area contributed by atoms with Crippen molar-refractivity contribution in [2.75, 3.05) is 0 Å². The third-order valence-electron chi connectivity index (χ3n) is 1.33. The van der Waals surface area contributed by atoms with Crippen LogP contribution in [0.15, 0.2) is 30.3 Å². The first-order chi connectivity index (χ1) is 5.70. The van der Waals surface area contributed by atoms with Gasteiger partial charge in [-0.2, -0.15) is 0 Å². The largest absolute Gasteiger partial charge is 0.293 e. The summed E-state index contributed by atoms with van der Waals surface area (Å²) in [5.74, 6) is -0.702. The second-order valence-corrected chi connectivity index (χ2v) is 2.38. The van der Waals surface area contributed by atoms with Crippen LogP contribution in [0.4, 0.5) is 0 Å². The zero-order chi connectivity index (χ0) is 8.97. The van der Waals surface area contributed by atoms with Crippen molar-refractivity contribution in [3.8, 4) is 0 Å². The van der Waals surface area contributed by atoms with Crippen LogP contribution in [-0.4, -0.2) is 11.8 Å². The van der Waals surface area contributed by atoms with Gasteiger partial charge in [0.15, 0.2) is 0 Å². The fraction of sp³-hybridized carbons (Fsp3) is 0.111. The van der Waals surface area contributed by atoms with E-state index in [-0.39, 0.29) is 11.8 Å². The molecule has 0 saturated carbocycles. The van der Waals surface area contributed by atoms with Crippen LogP contribution in [0.5, 0.6) is 0 Å². The minimum atomic E-state index is -0.358. The standard InChI is InChI=1S/C9H9NO2/c1-7(11)10-9(12)8-5-3-2-4-6-8/h2-6H,1H3,(H,10,11,12). The van der Waals surface area contributed by atoms with Gasteiger partial charge in [0.2, 0.25) is 5.91 Å². The van der Waals surface area contributed by atoms with Crippen LogP contribution in [0.2, 0.25) is 0 Å². The maximum absolute atomic E-state index is 11.1. The Morgan fingerprint density at radius 3 is 2.25 bits per heavy atom. The van der Waals surface area contributed by atoms with Gasteiger partial charge < -0.3 is 0 Å².